The monoisotopic (exact) mass is 423 g/mol. The minimum atomic E-state index is 0.203. The summed E-state index contributed by atoms with van der Waals surface area (Å²) in [4.78, 5) is 18.8. The molecule has 2 aromatic rings. The molecule has 0 unspecified atom stereocenters. The quantitative estimate of drug-likeness (QED) is 0.637. The normalized spacial score (nSPS) is 14.2. The fraction of sp³-hybridized carbons (Fsp3) is 0.444. The second kappa shape index (κ2) is 8.87. The number of imidazole rings is 1. The summed E-state index contributed by atoms with van der Waals surface area (Å²) >= 11 is 4.97. The molecular formula is C18H22BrN3O2S. The van der Waals surface area contributed by atoms with E-state index in [1.165, 1.54) is 11.8 Å². The Morgan fingerprint density at radius 3 is 2.68 bits per heavy atom. The lowest BCUT2D eigenvalue weighted by molar-refractivity contribution is -0.127. The SMILES string of the molecule is COCCn1c(-c2ccc(Br)cc2)cnc1SCC(=O)N1CCCC1. The number of nitrogens with zero attached hydrogens (tertiary/aromatic N) is 3. The largest absolute Gasteiger partial charge is 0.383 e. The standard InChI is InChI=1S/C18H22BrN3O2S/c1-24-11-10-22-16(14-4-6-15(19)7-5-14)12-20-18(22)25-13-17(23)21-8-2-3-9-21/h4-7,12H,2-3,8-11,13H2,1H3. The van der Waals surface area contributed by atoms with E-state index in [2.05, 4.69) is 37.6 Å². The summed E-state index contributed by atoms with van der Waals surface area (Å²) in [6.45, 7) is 3.10. The number of rotatable bonds is 7. The number of carbonyl (C=O) groups excluding carboxylic acids is 1. The predicted octanol–water partition coefficient (Wildman–Crippen LogP) is 3.67. The number of halogens is 1. The average molecular weight is 424 g/mol. The van der Waals surface area contributed by atoms with Crippen molar-refractivity contribution < 1.29 is 9.53 Å². The predicted molar refractivity (Wildman–Crippen MR) is 104 cm³/mol. The van der Waals surface area contributed by atoms with Crippen molar-refractivity contribution in [3.63, 3.8) is 0 Å². The van der Waals surface area contributed by atoms with Gasteiger partial charge in [-0.25, -0.2) is 4.98 Å². The molecule has 1 aliphatic rings. The highest BCUT2D eigenvalue weighted by Crippen LogP contribution is 2.27. The van der Waals surface area contributed by atoms with Crippen molar-refractivity contribution >= 4 is 33.6 Å². The van der Waals surface area contributed by atoms with Crippen LogP contribution in [0.3, 0.4) is 0 Å². The van der Waals surface area contributed by atoms with Gasteiger partial charge in [-0.3, -0.25) is 4.79 Å². The highest BCUT2D eigenvalue weighted by molar-refractivity contribution is 9.10. The number of hydrogen-bond donors (Lipinski definition) is 0. The zero-order valence-electron chi connectivity index (χ0n) is 14.3. The van der Waals surface area contributed by atoms with Crippen LogP contribution in [0.1, 0.15) is 12.8 Å². The van der Waals surface area contributed by atoms with Crippen molar-refractivity contribution in [2.24, 2.45) is 0 Å². The van der Waals surface area contributed by atoms with E-state index >= 15 is 0 Å². The van der Waals surface area contributed by atoms with Crippen LogP contribution in [0.15, 0.2) is 40.1 Å². The molecular weight excluding hydrogens is 402 g/mol. The van der Waals surface area contributed by atoms with Gasteiger partial charge in [-0.15, -0.1) is 0 Å². The van der Waals surface area contributed by atoms with E-state index in [4.69, 9.17) is 4.74 Å². The molecule has 2 heterocycles. The van der Waals surface area contributed by atoms with E-state index in [-0.39, 0.29) is 5.91 Å². The molecule has 0 N–H and O–H groups in total. The number of likely N-dealkylation sites (tertiary alicyclic amines) is 1. The minimum absolute atomic E-state index is 0.203. The molecule has 0 aliphatic carbocycles. The molecule has 0 bridgehead atoms. The van der Waals surface area contributed by atoms with Crippen LogP contribution in [-0.4, -0.2) is 52.9 Å². The van der Waals surface area contributed by atoms with Crippen LogP contribution in [0, 0.1) is 0 Å². The van der Waals surface area contributed by atoms with Gasteiger partial charge in [0.2, 0.25) is 5.91 Å². The number of methoxy groups -OCH3 is 1. The Morgan fingerprint density at radius 2 is 2.00 bits per heavy atom. The molecule has 0 spiro atoms. The van der Waals surface area contributed by atoms with Gasteiger partial charge in [0, 0.05) is 31.2 Å². The molecule has 1 amide bonds. The molecule has 0 atom stereocenters. The van der Waals surface area contributed by atoms with E-state index in [9.17, 15) is 4.79 Å². The molecule has 7 heteroatoms. The Morgan fingerprint density at radius 1 is 1.28 bits per heavy atom. The topological polar surface area (TPSA) is 47.4 Å². The fourth-order valence-corrected chi connectivity index (χ4v) is 4.08. The lowest BCUT2D eigenvalue weighted by Crippen LogP contribution is -2.29. The summed E-state index contributed by atoms with van der Waals surface area (Å²) in [6.07, 6.45) is 4.11. The molecule has 5 nitrogen and oxygen atoms in total. The number of carbonyl (C=O) groups is 1. The summed E-state index contributed by atoms with van der Waals surface area (Å²) in [6, 6.07) is 8.17. The Bertz CT molecular complexity index is 712. The first-order valence-electron chi connectivity index (χ1n) is 8.40. The van der Waals surface area contributed by atoms with E-state index in [1.54, 1.807) is 7.11 Å². The lowest BCUT2D eigenvalue weighted by atomic mass is 10.2. The Balaban J connectivity index is 1.76. The first kappa shape index (κ1) is 18.5. The van der Waals surface area contributed by atoms with E-state index in [1.807, 2.05) is 23.2 Å². The molecule has 1 saturated heterocycles. The Hall–Kier alpha value is -1.31. The van der Waals surface area contributed by atoms with Crippen molar-refractivity contribution in [2.45, 2.75) is 24.5 Å². The van der Waals surface area contributed by atoms with Crippen molar-refractivity contribution in [3.05, 3.63) is 34.9 Å². The van der Waals surface area contributed by atoms with Crippen LogP contribution in [0.25, 0.3) is 11.3 Å². The summed E-state index contributed by atoms with van der Waals surface area (Å²) in [5, 5.41) is 0.863. The lowest BCUT2D eigenvalue weighted by Gasteiger charge is -2.15. The maximum atomic E-state index is 12.3. The van der Waals surface area contributed by atoms with E-state index in [0.717, 1.165) is 46.8 Å². The van der Waals surface area contributed by atoms with Gasteiger partial charge >= 0.3 is 0 Å². The van der Waals surface area contributed by atoms with Gasteiger partial charge in [-0.05, 0) is 30.5 Å². The molecule has 1 fully saturated rings. The third-order valence-corrected chi connectivity index (χ3v) is 5.77. The second-order valence-corrected chi connectivity index (χ2v) is 7.81. The second-order valence-electron chi connectivity index (χ2n) is 5.95. The molecule has 134 valence electrons. The Kier molecular flexibility index (Phi) is 6.56. The van der Waals surface area contributed by atoms with Crippen LogP contribution in [0.2, 0.25) is 0 Å². The summed E-state index contributed by atoms with van der Waals surface area (Å²) < 4.78 is 8.43. The van der Waals surface area contributed by atoms with Crippen molar-refractivity contribution in [3.8, 4) is 11.3 Å². The van der Waals surface area contributed by atoms with Crippen LogP contribution in [-0.2, 0) is 16.1 Å². The number of amides is 1. The van der Waals surface area contributed by atoms with Crippen molar-refractivity contribution in [1.82, 2.24) is 14.5 Å². The molecule has 0 saturated carbocycles. The number of benzene rings is 1. The van der Waals surface area contributed by atoms with E-state index in [0.29, 0.717) is 18.9 Å². The summed E-state index contributed by atoms with van der Waals surface area (Å²) in [5.41, 5.74) is 2.14. The fourth-order valence-electron chi connectivity index (χ4n) is 2.91. The zero-order valence-corrected chi connectivity index (χ0v) is 16.7. The average Bonchev–Trinajstić information content (AvgIpc) is 3.28. The summed E-state index contributed by atoms with van der Waals surface area (Å²) in [5.74, 6) is 0.637. The number of ether oxygens (including phenoxy) is 1. The van der Waals surface area contributed by atoms with Gasteiger partial charge in [0.05, 0.1) is 24.3 Å². The zero-order chi connectivity index (χ0) is 17.6. The molecule has 1 aliphatic heterocycles. The van der Waals surface area contributed by atoms with Crippen LogP contribution in [0.4, 0.5) is 0 Å². The molecule has 1 aromatic heterocycles. The number of aromatic nitrogens is 2. The third-order valence-electron chi connectivity index (χ3n) is 4.26. The van der Waals surface area contributed by atoms with Gasteiger partial charge < -0.3 is 14.2 Å². The van der Waals surface area contributed by atoms with Crippen molar-refractivity contribution in [1.29, 1.82) is 0 Å². The molecule has 1 aromatic carbocycles. The van der Waals surface area contributed by atoms with E-state index < -0.39 is 0 Å². The number of hydrogen-bond acceptors (Lipinski definition) is 4. The first-order chi connectivity index (χ1) is 12.2. The van der Waals surface area contributed by atoms with Gasteiger partial charge in [0.1, 0.15) is 0 Å². The van der Waals surface area contributed by atoms with Gasteiger partial charge in [0.15, 0.2) is 5.16 Å². The maximum absolute atomic E-state index is 12.3. The van der Waals surface area contributed by atoms with Crippen LogP contribution in [0.5, 0.6) is 0 Å². The number of thioether (sulfide) groups is 1. The Labute approximate surface area is 160 Å². The molecule has 0 radical (unpaired) electrons. The first-order valence-corrected chi connectivity index (χ1v) is 10.2. The summed E-state index contributed by atoms with van der Waals surface area (Å²) in [7, 11) is 1.69. The molecule has 25 heavy (non-hydrogen) atoms. The minimum Gasteiger partial charge on any atom is -0.383 e. The third kappa shape index (κ3) is 4.65. The highest BCUT2D eigenvalue weighted by atomic mass is 79.9. The van der Waals surface area contributed by atoms with Gasteiger partial charge in [-0.2, -0.15) is 0 Å². The van der Waals surface area contributed by atoms with Gasteiger partial charge in [-0.1, -0.05) is 39.8 Å². The molecule has 3 rings (SSSR count). The highest BCUT2D eigenvalue weighted by Gasteiger charge is 2.19. The smallest absolute Gasteiger partial charge is 0.233 e. The van der Waals surface area contributed by atoms with Crippen LogP contribution < -0.4 is 0 Å². The maximum Gasteiger partial charge on any atom is 0.233 e. The van der Waals surface area contributed by atoms with Crippen LogP contribution >= 0.6 is 27.7 Å². The van der Waals surface area contributed by atoms with Gasteiger partial charge in [0.25, 0.3) is 0 Å². The van der Waals surface area contributed by atoms with Crippen molar-refractivity contribution in [2.75, 3.05) is 32.6 Å².